The van der Waals surface area contributed by atoms with Crippen molar-refractivity contribution in [2.75, 3.05) is 0 Å². The third kappa shape index (κ3) is 5.54. The summed E-state index contributed by atoms with van der Waals surface area (Å²) in [6, 6.07) is 67.8. The summed E-state index contributed by atoms with van der Waals surface area (Å²) < 4.78 is 4.50. The van der Waals surface area contributed by atoms with Crippen LogP contribution in [-0.2, 0) is 0 Å². The Morgan fingerprint density at radius 2 is 0.850 bits per heavy atom. The monoisotopic (exact) mass is 765 g/mol. The van der Waals surface area contributed by atoms with E-state index in [-0.39, 0.29) is 0 Å². The van der Waals surface area contributed by atoms with Gasteiger partial charge in [-0.15, -0.1) is 0 Å². The van der Waals surface area contributed by atoms with Crippen LogP contribution >= 0.6 is 0 Å². The van der Waals surface area contributed by atoms with Gasteiger partial charge in [-0.3, -0.25) is 0 Å². The summed E-state index contributed by atoms with van der Waals surface area (Å²) in [6.07, 6.45) is 0. The van der Waals surface area contributed by atoms with Crippen LogP contribution in [-0.4, -0.2) is 24.1 Å². The van der Waals surface area contributed by atoms with Crippen LogP contribution in [0.4, 0.5) is 0 Å². The summed E-state index contributed by atoms with van der Waals surface area (Å²) in [6.45, 7) is 0. The van der Waals surface area contributed by atoms with Gasteiger partial charge in [0, 0.05) is 38.2 Å². The van der Waals surface area contributed by atoms with Gasteiger partial charge in [0.05, 0.1) is 56.7 Å². The lowest BCUT2D eigenvalue weighted by Gasteiger charge is -2.18. The van der Waals surface area contributed by atoms with Crippen LogP contribution in [0.2, 0.25) is 0 Å². The molecule has 0 bridgehead atoms. The molecule has 0 aliphatic carbocycles. The number of fused-ring (bicyclic) bond motifs is 6. The molecule has 0 N–H and O–H groups in total. The molecule has 3 aromatic heterocycles. The first-order valence-electron chi connectivity index (χ1n) is 19.7. The van der Waals surface area contributed by atoms with Gasteiger partial charge in [0.15, 0.2) is 17.5 Å². The molecule has 60 heavy (non-hydrogen) atoms. The van der Waals surface area contributed by atoms with Crippen molar-refractivity contribution < 1.29 is 0 Å². The molecule has 7 nitrogen and oxygen atoms in total. The Balaban J connectivity index is 1.23. The smallest absolute Gasteiger partial charge is 0.166 e. The van der Waals surface area contributed by atoms with E-state index in [2.05, 4.69) is 118 Å². The first-order valence-corrected chi connectivity index (χ1v) is 19.7. The molecular formula is C53H31N7. The molecule has 0 saturated heterocycles. The molecule has 0 atom stereocenters. The van der Waals surface area contributed by atoms with E-state index < -0.39 is 0 Å². The standard InChI is InChI=1S/C53H31N7/c54-32-34-26-29-49(59-45-22-10-6-18-39(45)40-19-7-11-23-46(40)59)44(30-34)53-57-51(35-14-2-1-3-15-35)56-52(58-53)43-28-27-36(38-17-5-4-16-37(38)33-55)31-50(43)60-47-24-12-8-20-41(47)42-21-9-13-25-48(42)60/h1-31H. The zero-order chi connectivity index (χ0) is 40.2. The molecule has 0 radical (unpaired) electrons. The van der Waals surface area contributed by atoms with E-state index in [1.807, 2.05) is 91.0 Å². The minimum absolute atomic E-state index is 0.430. The predicted molar refractivity (Wildman–Crippen MR) is 240 cm³/mol. The van der Waals surface area contributed by atoms with Gasteiger partial charge in [0.1, 0.15) is 0 Å². The fourth-order valence-electron chi connectivity index (χ4n) is 8.58. The van der Waals surface area contributed by atoms with Crippen molar-refractivity contribution in [2.24, 2.45) is 0 Å². The highest BCUT2D eigenvalue weighted by molar-refractivity contribution is 6.11. The molecule has 278 valence electrons. The summed E-state index contributed by atoms with van der Waals surface area (Å²) >= 11 is 0. The maximum Gasteiger partial charge on any atom is 0.166 e. The third-order valence-corrected chi connectivity index (χ3v) is 11.3. The van der Waals surface area contributed by atoms with E-state index in [9.17, 15) is 10.5 Å². The summed E-state index contributed by atoms with van der Waals surface area (Å²) in [5.74, 6) is 1.39. The maximum absolute atomic E-state index is 10.3. The first kappa shape index (κ1) is 34.6. The zero-order valence-corrected chi connectivity index (χ0v) is 32.0. The van der Waals surface area contributed by atoms with Gasteiger partial charge < -0.3 is 9.13 Å². The van der Waals surface area contributed by atoms with Crippen molar-refractivity contribution in [1.29, 1.82) is 10.5 Å². The van der Waals surface area contributed by atoms with Crippen molar-refractivity contribution in [3.8, 4) is 68.8 Å². The second-order valence-corrected chi connectivity index (χ2v) is 14.6. The highest BCUT2D eigenvalue weighted by atomic mass is 15.1. The predicted octanol–water partition coefficient (Wildman–Crippen LogP) is 12.5. The average molecular weight is 766 g/mol. The van der Waals surface area contributed by atoms with E-state index in [0.29, 0.717) is 34.2 Å². The molecule has 0 saturated carbocycles. The van der Waals surface area contributed by atoms with Crippen LogP contribution in [0, 0.1) is 22.7 Å². The molecule has 0 aliphatic heterocycles. The molecule has 0 aliphatic rings. The Labute approximate surface area is 345 Å². The summed E-state index contributed by atoms with van der Waals surface area (Å²) in [7, 11) is 0. The number of benzene rings is 8. The quantitative estimate of drug-likeness (QED) is 0.168. The van der Waals surface area contributed by atoms with Crippen molar-refractivity contribution >= 4 is 43.6 Å². The van der Waals surface area contributed by atoms with Gasteiger partial charge in [-0.25, -0.2) is 15.0 Å². The molecule has 0 unspecified atom stereocenters. The van der Waals surface area contributed by atoms with E-state index in [0.717, 1.165) is 77.2 Å². The molecule has 11 rings (SSSR count). The molecule has 8 aromatic carbocycles. The van der Waals surface area contributed by atoms with Crippen LogP contribution in [0.5, 0.6) is 0 Å². The normalized spacial score (nSPS) is 11.3. The van der Waals surface area contributed by atoms with Crippen LogP contribution in [0.1, 0.15) is 11.1 Å². The minimum atomic E-state index is 0.430. The SMILES string of the molecule is N#Cc1ccc(-n2c3ccccc3c3ccccc32)c(-c2nc(-c3ccccc3)nc(-c3ccc(-c4ccccc4C#N)cc3-n3c4ccccc4c4ccccc43)n2)c1. The topological polar surface area (TPSA) is 96.1 Å². The van der Waals surface area contributed by atoms with Gasteiger partial charge >= 0.3 is 0 Å². The summed E-state index contributed by atoms with van der Waals surface area (Å²) in [5, 5.41) is 24.9. The lowest BCUT2D eigenvalue weighted by molar-refractivity contribution is 1.06. The van der Waals surface area contributed by atoms with Gasteiger partial charge in [0.2, 0.25) is 0 Å². The van der Waals surface area contributed by atoms with E-state index in [1.54, 1.807) is 0 Å². The zero-order valence-electron chi connectivity index (χ0n) is 32.0. The fourth-order valence-corrected chi connectivity index (χ4v) is 8.58. The first-order chi connectivity index (χ1) is 29.7. The van der Waals surface area contributed by atoms with E-state index in [4.69, 9.17) is 15.0 Å². The van der Waals surface area contributed by atoms with Crippen molar-refractivity contribution in [3.05, 3.63) is 199 Å². The number of nitrogens with zero attached hydrogens (tertiary/aromatic N) is 7. The van der Waals surface area contributed by atoms with Crippen molar-refractivity contribution in [1.82, 2.24) is 24.1 Å². The molecule has 11 aromatic rings. The second-order valence-electron chi connectivity index (χ2n) is 14.6. The highest BCUT2D eigenvalue weighted by Crippen LogP contribution is 2.40. The highest BCUT2D eigenvalue weighted by Gasteiger charge is 2.23. The average Bonchev–Trinajstić information content (AvgIpc) is 3.84. The van der Waals surface area contributed by atoms with Gasteiger partial charge in [0.25, 0.3) is 0 Å². The van der Waals surface area contributed by atoms with Gasteiger partial charge in [-0.2, -0.15) is 10.5 Å². The minimum Gasteiger partial charge on any atom is -0.309 e. The number of hydrogen-bond donors (Lipinski definition) is 0. The van der Waals surface area contributed by atoms with Crippen molar-refractivity contribution in [2.45, 2.75) is 0 Å². The summed E-state index contributed by atoms with van der Waals surface area (Å²) in [5.41, 5.74) is 10.9. The Hall–Kier alpha value is -8.65. The molecule has 0 fully saturated rings. The number of aromatic nitrogens is 5. The Kier molecular flexibility index (Phi) is 8.11. The fraction of sp³-hybridized carbons (Fsp3) is 0. The molecule has 7 heteroatoms. The number of para-hydroxylation sites is 4. The number of rotatable bonds is 6. The largest absolute Gasteiger partial charge is 0.309 e. The maximum atomic E-state index is 10.3. The third-order valence-electron chi connectivity index (χ3n) is 11.3. The summed E-state index contributed by atoms with van der Waals surface area (Å²) in [4.78, 5) is 15.8. The lowest BCUT2D eigenvalue weighted by atomic mass is 9.97. The van der Waals surface area contributed by atoms with Gasteiger partial charge in [-0.1, -0.05) is 127 Å². The van der Waals surface area contributed by atoms with Crippen LogP contribution in [0.25, 0.3) is 100 Å². The Bertz CT molecular complexity index is 3480. The number of nitriles is 2. The number of hydrogen-bond acceptors (Lipinski definition) is 5. The van der Waals surface area contributed by atoms with Gasteiger partial charge in [-0.05, 0) is 71.8 Å². The molecule has 0 amide bonds. The van der Waals surface area contributed by atoms with Crippen molar-refractivity contribution in [3.63, 3.8) is 0 Å². The Morgan fingerprint density at radius 3 is 1.43 bits per heavy atom. The molecule has 0 spiro atoms. The van der Waals surface area contributed by atoms with Crippen LogP contribution in [0.15, 0.2) is 188 Å². The molecular weight excluding hydrogens is 735 g/mol. The van der Waals surface area contributed by atoms with E-state index >= 15 is 0 Å². The lowest BCUT2D eigenvalue weighted by Crippen LogP contribution is -2.06. The second kappa shape index (κ2) is 14.1. The van der Waals surface area contributed by atoms with E-state index in [1.165, 1.54) is 0 Å². The van der Waals surface area contributed by atoms with Crippen LogP contribution < -0.4 is 0 Å². The molecule has 3 heterocycles. The Morgan fingerprint density at radius 1 is 0.350 bits per heavy atom. The van der Waals surface area contributed by atoms with Crippen LogP contribution in [0.3, 0.4) is 0 Å².